The second-order valence-corrected chi connectivity index (χ2v) is 6.21. The van der Waals surface area contributed by atoms with Gasteiger partial charge in [-0.15, -0.1) is 0 Å². The fraction of sp³-hybridized carbons (Fsp3) is 0.500. The summed E-state index contributed by atoms with van der Waals surface area (Å²) in [6.45, 7) is 6.08. The molecule has 31 heavy (non-hydrogen) atoms. The Morgan fingerprint density at radius 1 is 0.935 bits per heavy atom. The topological polar surface area (TPSA) is 150 Å². The van der Waals surface area contributed by atoms with Gasteiger partial charge in [-0.2, -0.15) is 0 Å². The Kier molecular flexibility index (Phi) is 10.8. The summed E-state index contributed by atoms with van der Waals surface area (Å²) in [7, 11) is 0. The molecule has 0 heterocycles. The Morgan fingerprint density at radius 3 is 2.06 bits per heavy atom. The summed E-state index contributed by atoms with van der Waals surface area (Å²) in [5.74, 6) is -1.40. The molecule has 2 N–H and O–H groups in total. The van der Waals surface area contributed by atoms with E-state index in [1.54, 1.807) is 20.8 Å². The van der Waals surface area contributed by atoms with Crippen LogP contribution in [0.2, 0.25) is 0 Å². The predicted octanol–water partition coefficient (Wildman–Crippen LogP) is 2.12. The van der Waals surface area contributed by atoms with Crippen molar-refractivity contribution in [2.24, 2.45) is 5.73 Å². The minimum absolute atomic E-state index is 0.0258. The number of carbonyl (C=O) groups is 4. The average Bonchev–Trinajstić information content (AvgIpc) is 2.68. The molecule has 0 saturated heterocycles. The van der Waals surface area contributed by atoms with Gasteiger partial charge in [-0.05, 0) is 44.9 Å². The fourth-order valence-corrected chi connectivity index (χ4v) is 2.21. The van der Waals surface area contributed by atoms with E-state index in [9.17, 15) is 19.2 Å². The molecule has 0 unspecified atom stereocenters. The zero-order chi connectivity index (χ0) is 23.4. The molecular weight excluding hydrogens is 414 g/mol. The van der Waals surface area contributed by atoms with Crippen molar-refractivity contribution < 1.29 is 47.6 Å². The Bertz CT molecular complexity index is 779. The van der Waals surface area contributed by atoms with Gasteiger partial charge in [0.1, 0.15) is 18.8 Å². The third-order valence-electron chi connectivity index (χ3n) is 3.52. The molecule has 0 spiro atoms. The Hall–Kier alpha value is -3.34. The van der Waals surface area contributed by atoms with E-state index in [0.717, 1.165) is 0 Å². The summed E-state index contributed by atoms with van der Waals surface area (Å²) in [4.78, 5) is 46.3. The maximum Gasteiger partial charge on any atom is 0.513 e. The van der Waals surface area contributed by atoms with Gasteiger partial charge >= 0.3 is 24.2 Å². The van der Waals surface area contributed by atoms with Crippen molar-refractivity contribution in [3.63, 3.8) is 0 Å². The first kappa shape index (κ1) is 25.7. The number of nitrogens with two attached hydrogens (primary N) is 1. The second kappa shape index (κ2) is 13.1. The van der Waals surface area contributed by atoms with Gasteiger partial charge in [0.25, 0.3) is 0 Å². The molecular formula is C20H27NO10. The molecule has 0 bridgehead atoms. The maximum atomic E-state index is 12.2. The van der Waals surface area contributed by atoms with Crippen LogP contribution in [0.3, 0.4) is 0 Å². The average molecular weight is 441 g/mol. The van der Waals surface area contributed by atoms with E-state index in [4.69, 9.17) is 34.2 Å². The normalized spacial score (nSPS) is 12.2. The van der Waals surface area contributed by atoms with Crippen LogP contribution in [0.4, 0.5) is 9.59 Å². The number of hydrogen-bond acceptors (Lipinski definition) is 11. The summed E-state index contributed by atoms with van der Waals surface area (Å²) in [5, 5.41) is 0. The quantitative estimate of drug-likeness (QED) is 0.323. The molecule has 0 radical (unpaired) electrons. The first-order valence-corrected chi connectivity index (χ1v) is 9.57. The molecule has 0 amide bonds. The standard InChI is InChI=1S/C20H27NO10/c1-5-26-19(24)30-16-8-7-14(10-17(16)31-20(25)27-6-2)9-15(21)18(23)29-12(3)11-28-13(4)22/h7-8,10,12,15H,5-6,9,11,21H2,1-4H3/t12-,15+/m1/s1. The molecule has 0 fully saturated rings. The highest BCUT2D eigenvalue weighted by molar-refractivity contribution is 5.76. The van der Waals surface area contributed by atoms with Crippen LogP contribution in [0, 0.1) is 0 Å². The third-order valence-corrected chi connectivity index (χ3v) is 3.52. The highest BCUT2D eigenvalue weighted by atomic mass is 16.7. The molecule has 172 valence electrons. The molecule has 1 aromatic carbocycles. The number of benzene rings is 1. The van der Waals surface area contributed by atoms with Crippen molar-refractivity contribution in [1.82, 2.24) is 0 Å². The predicted molar refractivity (Wildman–Crippen MR) is 106 cm³/mol. The first-order chi connectivity index (χ1) is 14.7. The lowest BCUT2D eigenvalue weighted by Crippen LogP contribution is -2.37. The van der Waals surface area contributed by atoms with E-state index in [2.05, 4.69) is 0 Å². The number of carbonyl (C=O) groups excluding carboxylic acids is 4. The zero-order valence-corrected chi connectivity index (χ0v) is 17.9. The van der Waals surface area contributed by atoms with Crippen molar-refractivity contribution in [2.75, 3.05) is 19.8 Å². The van der Waals surface area contributed by atoms with Crippen LogP contribution < -0.4 is 15.2 Å². The molecule has 1 rings (SSSR count). The zero-order valence-electron chi connectivity index (χ0n) is 17.9. The van der Waals surface area contributed by atoms with Crippen molar-refractivity contribution in [2.45, 2.75) is 46.3 Å². The number of hydrogen-bond donors (Lipinski definition) is 1. The van der Waals surface area contributed by atoms with Gasteiger partial charge in [0.2, 0.25) is 0 Å². The Balaban J connectivity index is 2.88. The summed E-state index contributed by atoms with van der Waals surface area (Å²) < 4.78 is 29.4. The van der Waals surface area contributed by atoms with Crippen LogP contribution in [0.1, 0.15) is 33.3 Å². The minimum Gasteiger partial charge on any atom is -0.462 e. The van der Waals surface area contributed by atoms with Crippen molar-refractivity contribution in [3.8, 4) is 11.5 Å². The number of rotatable bonds is 10. The number of ether oxygens (including phenoxy) is 6. The molecule has 0 aromatic heterocycles. The molecule has 11 heteroatoms. The smallest absolute Gasteiger partial charge is 0.462 e. The molecule has 0 aliphatic carbocycles. The van der Waals surface area contributed by atoms with Gasteiger partial charge < -0.3 is 34.2 Å². The van der Waals surface area contributed by atoms with Crippen LogP contribution in [0.15, 0.2) is 18.2 Å². The number of esters is 2. The fourth-order valence-electron chi connectivity index (χ4n) is 2.21. The molecule has 0 aliphatic heterocycles. The van der Waals surface area contributed by atoms with Gasteiger partial charge in [-0.1, -0.05) is 6.07 Å². The molecule has 0 aliphatic rings. The van der Waals surface area contributed by atoms with Crippen molar-refractivity contribution in [1.29, 1.82) is 0 Å². The van der Waals surface area contributed by atoms with E-state index in [0.29, 0.717) is 5.56 Å². The van der Waals surface area contributed by atoms with E-state index in [-0.39, 0.29) is 37.7 Å². The summed E-state index contributed by atoms with van der Waals surface area (Å²) in [6, 6.07) is 3.22. The molecule has 11 nitrogen and oxygen atoms in total. The Labute approximate surface area is 179 Å². The second-order valence-electron chi connectivity index (χ2n) is 6.21. The summed E-state index contributed by atoms with van der Waals surface area (Å²) in [5.41, 5.74) is 6.38. The SMILES string of the molecule is CCOC(=O)Oc1ccc(C[C@H](N)C(=O)O[C@H](C)COC(C)=O)cc1OC(=O)OCC. The van der Waals surface area contributed by atoms with Gasteiger partial charge in [0, 0.05) is 6.92 Å². The van der Waals surface area contributed by atoms with Crippen LogP contribution in [0.25, 0.3) is 0 Å². The molecule has 0 saturated carbocycles. The van der Waals surface area contributed by atoms with Crippen LogP contribution >= 0.6 is 0 Å². The van der Waals surface area contributed by atoms with E-state index >= 15 is 0 Å². The van der Waals surface area contributed by atoms with Crippen LogP contribution in [-0.2, 0) is 35.0 Å². The monoisotopic (exact) mass is 441 g/mol. The first-order valence-electron chi connectivity index (χ1n) is 9.57. The highest BCUT2D eigenvalue weighted by Gasteiger charge is 2.21. The highest BCUT2D eigenvalue weighted by Crippen LogP contribution is 2.30. The molecule has 2 atom stereocenters. The summed E-state index contributed by atoms with van der Waals surface area (Å²) in [6.07, 6.45) is -2.63. The largest absolute Gasteiger partial charge is 0.513 e. The lowest BCUT2D eigenvalue weighted by atomic mass is 10.1. The lowest BCUT2D eigenvalue weighted by molar-refractivity contribution is -0.157. The van der Waals surface area contributed by atoms with Crippen molar-refractivity contribution >= 4 is 24.2 Å². The van der Waals surface area contributed by atoms with E-state index in [1.165, 1.54) is 25.1 Å². The van der Waals surface area contributed by atoms with Gasteiger partial charge in [-0.25, -0.2) is 9.59 Å². The van der Waals surface area contributed by atoms with Crippen molar-refractivity contribution in [3.05, 3.63) is 23.8 Å². The van der Waals surface area contributed by atoms with Crippen LogP contribution in [-0.4, -0.2) is 56.2 Å². The van der Waals surface area contributed by atoms with Gasteiger partial charge in [0.05, 0.1) is 13.2 Å². The van der Waals surface area contributed by atoms with Gasteiger partial charge in [0.15, 0.2) is 11.5 Å². The molecule has 1 aromatic rings. The van der Waals surface area contributed by atoms with Gasteiger partial charge in [-0.3, -0.25) is 9.59 Å². The third kappa shape index (κ3) is 9.81. The van der Waals surface area contributed by atoms with E-state index < -0.39 is 36.4 Å². The van der Waals surface area contributed by atoms with E-state index in [1.807, 2.05) is 0 Å². The maximum absolute atomic E-state index is 12.2. The summed E-state index contributed by atoms with van der Waals surface area (Å²) >= 11 is 0. The van der Waals surface area contributed by atoms with Crippen LogP contribution in [0.5, 0.6) is 11.5 Å². The lowest BCUT2D eigenvalue weighted by Gasteiger charge is -2.17. The minimum atomic E-state index is -1.05. The Morgan fingerprint density at radius 2 is 1.52 bits per heavy atom.